The van der Waals surface area contributed by atoms with Crippen molar-refractivity contribution in [1.82, 2.24) is 19.8 Å². The van der Waals surface area contributed by atoms with Crippen LogP contribution in [0.3, 0.4) is 0 Å². The summed E-state index contributed by atoms with van der Waals surface area (Å²) in [6, 6.07) is 6.14. The van der Waals surface area contributed by atoms with E-state index in [1.54, 1.807) is 35.6 Å². The van der Waals surface area contributed by atoms with E-state index in [4.69, 9.17) is 0 Å². The number of halogens is 1. The molecule has 7 heteroatoms. The molecule has 2 fully saturated rings. The molecule has 1 aromatic heterocycles. The fraction of sp³-hybridized carbons (Fsp3) is 0.476. The normalized spacial score (nSPS) is 19.2. The van der Waals surface area contributed by atoms with Gasteiger partial charge in [0.25, 0.3) is 5.91 Å². The number of carbonyl (C=O) groups is 2. The molecule has 1 N–H and O–H groups in total. The van der Waals surface area contributed by atoms with Crippen LogP contribution >= 0.6 is 0 Å². The number of carbonyl (C=O) groups excluding carboxylic acids is 2. The molecule has 0 saturated carbocycles. The number of likely N-dealkylation sites (tertiary alicyclic amines) is 2. The minimum Gasteiger partial charge on any atom is -0.348 e. The van der Waals surface area contributed by atoms with Crippen LogP contribution in [0.15, 0.2) is 36.8 Å². The summed E-state index contributed by atoms with van der Waals surface area (Å²) in [4.78, 5) is 35.8. The van der Waals surface area contributed by atoms with Crippen LogP contribution in [0.2, 0.25) is 0 Å². The fourth-order valence-electron chi connectivity index (χ4n) is 4.38. The molecule has 0 atom stereocenters. The lowest BCUT2D eigenvalue weighted by atomic mass is 9.72. The van der Waals surface area contributed by atoms with Crippen molar-refractivity contribution in [2.45, 2.75) is 32.1 Å². The molecule has 2 aromatic rings. The second-order valence-electron chi connectivity index (χ2n) is 7.91. The third-order valence-corrected chi connectivity index (χ3v) is 6.17. The monoisotopic (exact) mass is 384 g/mol. The highest BCUT2D eigenvalue weighted by atomic mass is 19.1. The maximum Gasteiger partial charge on any atom is 0.256 e. The summed E-state index contributed by atoms with van der Waals surface area (Å²) in [5, 5.41) is 0. The van der Waals surface area contributed by atoms with E-state index in [2.05, 4.69) is 9.97 Å². The minimum atomic E-state index is -0.471. The molecule has 2 aliphatic rings. The molecule has 0 unspecified atom stereocenters. The van der Waals surface area contributed by atoms with Crippen LogP contribution in [0.25, 0.3) is 0 Å². The zero-order valence-electron chi connectivity index (χ0n) is 15.9. The van der Waals surface area contributed by atoms with Crippen LogP contribution in [-0.2, 0) is 11.2 Å². The first-order valence-electron chi connectivity index (χ1n) is 9.85. The molecule has 6 nitrogen and oxygen atoms in total. The molecule has 4 rings (SSSR count). The van der Waals surface area contributed by atoms with Crippen LogP contribution in [0.1, 0.15) is 41.7 Å². The molecule has 1 aromatic carbocycles. The van der Waals surface area contributed by atoms with Gasteiger partial charge in [-0.25, -0.2) is 9.37 Å². The number of benzene rings is 1. The summed E-state index contributed by atoms with van der Waals surface area (Å²) in [5.41, 5.74) is 1.23. The number of hydrogen-bond donors (Lipinski definition) is 1. The predicted octanol–water partition coefficient (Wildman–Crippen LogP) is 2.64. The third-order valence-electron chi connectivity index (χ3n) is 6.17. The first-order valence-corrected chi connectivity index (χ1v) is 9.85. The van der Waals surface area contributed by atoms with E-state index >= 15 is 0 Å². The lowest BCUT2D eigenvalue weighted by Crippen LogP contribution is -2.52. The van der Waals surface area contributed by atoms with Gasteiger partial charge in [-0.3, -0.25) is 9.59 Å². The Morgan fingerprint density at radius 3 is 2.71 bits per heavy atom. The molecule has 28 heavy (non-hydrogen) atoms. The van der Waals surface area contributed by atoms with Crippen molar-refractivity contribution >= 4 is 11.8 Å². The lowest BCUT2D eigenvalue weighted by Gasteiger charge is -2.47. The van der Waals surface area contributed by atoms with E-state index in [0.29, 0.717) is 26.1 Å². The van der Waals surface area contributed by atoms with Crippen molar-refractivity contribution < 1.29 is 14.0 Å². The fourth-order valence-corrected chi connectivity index (χ4v) is 4.38. The first kappa shape index (κ1) is 18.7. The number of aromatic nitrogens is 2. The van der Waals surface area contributed by atoms with Crippen molar-refractivity contribution in [3.8, 4) is 0 Å². The average molecular weight is 384 g/mol. The second kappa shape index (κ2) is 7.73. The first-order chi connectivity index (χ1) is 13.6. The SMILES string of the molecule is O=C1CCC2(CCN(C(=O)c3ccccc3F)CC2)CN1CCc1cnc[nH]1. The zero-order chi connectivity index (χ0) is 19.6. The molecule has 2 amide bonds. The van der Waals surface area contributed by atoms with Crippen LogP contribution in [0.4, 0.5) is 4.39 Å². The van der Waals surface area contributed by atoms with E-state index in [1.165, 1.54) is 6.07 Å². The van der Waals surface area contributed by atoms with Crippen LogP contribution in [0, 0.1) is 11.2 Å². The number of amides is 2. The van der Waals surface area contributed by atoms with Gasteiger partial charge in [-0.05, 0) is 36.8 Å². The molecule has 0 bridgehead atoms. The number of hydrogen-bond acceptors (Lipinski definition) is 3. The van der Waals surface area contributed by atoms with Gasteiger partial charge in [-0.2, -0.15) is 0 Å². The van der Waals surface area contributed by atoms with Crippen molar-refractivity contribution in [1.29, 1.82) is 0 Å². The summed E-state index contributed by atoms with van der Waals surface area (Å²) in [5.74, 6) is -0.507. The molecule has 148 valence electrons. The maximum atomic E-state index is 13.9. The Kier molecular flexibility index (Phi) is 5.15. The van der Waals surface area contributed by atoms with Crippen molar-refractivity contribution in [3.63, 3.8) is 0 Å². The van der Waals surface area contributed by atoms with Gasteiger partial charge < -0.3 is 14.8 Å². The molecule has 2 aliphatic heterocycles. The van der Waals surface area contributed by atoms with E-state index < -0.39 is 5.82 Å². The Hall–Kier alpha value is -2.70. The van der Waals surface area contributed by atoms with Gasteiger partial charge in [0.1, 0.15) is 5.82 Å². The summed E-state index contributed by atoms with van der Waals surface area (Å²) in [6.45, 7) is 2.63. The highest BCUT2D eigenvalue weighted by Crippen LogP contribution is 2.40. The van der Waals surface area contributed by atoms with E-state index in [1.807, 2.05) is 4.90 Å². The molecule has 0 radical (unpaired) electrons. The van der Waals surface area contributed by atoms with E-state index in [9.17, 15) is 14.0 Å². The van der Waals surface area contributed by atoms with Gasteiger partial charge in [0.15, 0.2) is 0 Å². The Balaban J connectivity index is 1.37. The molecule has 1 spiro atoms. The standard InChI is InChI=1S/C21H25FN4O2/c22-18-4-2-1-3-17(18)20(28)25-11-8-21(9-12-25)7-5-19(27)26(14-21)10-6-16-13-23-15-24-16/h1-4,13,15H,5-12,14H2,(H,23,24). The molecule has 2 saturated heterocycles. The summed E-state index contributed by atoms with van der Waals surface area (Å²) >= 11 is 0. The number of nitrogens with one attached hydrogen (secondary N) is 1. The van der Waals surface area contributed by atoms with Crippen LogP contribution < -0.4 is 0 Å². The maximum absolute atomic E-state index is 13.9. The topological polar surface area (TPSA) is 69.3 Å². The van der Waals surface area contributed by atoms with Crippen molar-refractivity contribution in [2.24, 2.45) is 5.41 Å². The van der Waals surface area contributed by atoms with Gasteiger partial charge in [0.05, 0.1) is 11.9 Å². The number of aromatic amines is 1. The Bertz CT molecular complexity index is 844. The molecule has 3 heterocycles. The van der Waals surface area contributed by atoms with Crippen LogP contribution in [-0.4, -0.2) is 57.8 Å². The summed E-state index contributed by atoms with van der Waals surface area (Å²) in [7, 11) is 0. The van der Waals surface area contributed by atoms with Gasteiger partial charge in [0, 0.05) is 50.9 Å². The lowest BCUT2D eigenvalue weighted by molar-refractivity contribution is -0.138. The van der Waals surface area contributed by atoms with Gasteiger partial charge in [-0.1, -0.05) is 12.1 Å². The number of imidazole rings is 1. The smallest absolute Gasteiger partial charge is 0.256 e. The second-order valence-corrected chi connectivity index (χ2v) is 7.91. The van der Waals surface area contributed by atoms with Crippen molar-refractivity contribution in [2.75, 3.05) is 26.2 Å². The average Bonchev–Trinajstić information content (AvgIpc) is 3.23. The Labute approximate surface area is 163 Å². The van der Waals surface area contributed by atoms with E-state index in [-0.39, 0.29) is 22.8 Å². The number of piperidine rings is 2. The van der Waals surface area contributed by atoms with Gasteiger partial charge in [0.2, 0.25) is 5.91 Å². The number of H-pyrrole nitrogens is 1. The largest absolute Gasteiger partial charge is 0.348 e. The number of rotatable bonds is 4. The highest BCUT2D eigenvalue weighted by Gasteiger charge is 2.41. The third kappa shape index (κ3) is 3.79. The summed E-state index contributed by atoms with van der Waals surface area (Å²) < 4.78 is 13.9. The zero-order valence-corrected chi connectivity index (χ0v) is 15.9. The quantitative estimate of drug-likeness (QED) is 0.881. The minimum absolute atomic E-state index is 0.0634. The highest BCUT2D eigenvalue weighted by molar-refractivity contribution is 5.94. The summed E-state index contributed by atoms with van der Waals surface area (Å²) in [6.07, 6.45) is 7.33. The van der Waals surface area contributed by atoms with Crippen LogP contribution in [0.5, 0.6) is 0 Å². The molecular formula is C21H25FN4O2. The number of nitrogens with zero attached hydrogens (tertiary/aromatic N) is 3. The van der Waals surface area contributed by atoms with E-state index in [0.717, 1.165) is 37.9 Å². The predicted molar refractivity (Wildman–Crippen MR) is 102 cm³/mol. The Morgan fingerprint density at radius 2 is 2.00 bits per heavy atom. The molecular weight excluding hydrogens is 359 g/mol. The van der Waals surface area contributed by atoms with Gasteiger partial charge >= 0.3 is 0 Å². The molecule has 0 aliphatic carbocycles. The Morgan fingerprint density at radius 1 is 1.21 bits per heavy atom. The van der Waals surface area contributed by atoms with Gasteiger partial charge in [-0.15, -0.1) is 0 Å². The van der Waals surface area contributed by atoms with Crippen molar-refractivity contribution in [3.05, 3.63) is 53.9 Å².